The number of benzene rings is 1. The first-order valence-electron chi connectivity index (χ1n) is 6.93. The first kappa shape index (κ1) is 15.2. The standard InChI is InChI=1S/C14H16ClN5OS/c15-11-3-1-10(2-4-11)13-18-12(21-19-13)9-17-14(16)20-5-7-22-8-6-20/h1-4H,5-9H2,(H2,16,17). The van der Waals surface area contributed by atoms with Crippen LogP contribution in [0.5, 0.6) is 0 Å². The number of thioether (sulfide) groups is 1. The van der Waals surface area contributed by atoms with Gasteiger partial charge in [0, 0.05) is 35.2 Å². The largest absolute Gasteiger partial charge is 0.370 e. The molecule has 1 aromatic carbocycles. The van der Waals surface area contributed by atoms with Gasteiger partial charge in [-0.2, -0.15) is 16.7 Å². The van der Waals surface area contributed by atoms with E-state index >= 15 is 0 Å². The molecule has 0 saturated carbocycles. The second-order valence-electron chi connectivity index (χ2n) is 4.79. The lowest BCUT2D eigenvalue weighted by atomic mass is 10.2. The number of hydrogen-bond acceptors (Lipinski definition) is 5. The van der Waals surface area contributed by atoms with Gasteiger partial charge in [0.25, 0.3) is 0 Å². The summed E-state index contributed by atoms with van der Waals surface area (Å²) >= 11 is 7.79. The van der Waals surface area contributed by atoms with Crippen molar-refractivity contribution in [3.8, 4) is 11.4 Å². The van der Waals surface area contributed by atoms with Gasteiger partial charge in [-0.3, -0.25) is 0 Å². The maximum Gasteiger partial charge on any atom is 0.248 e. The van der Waals surface area contributed by atoms with Crippen LogP contribution in [0.3, 0.4) is 0 Å². The first-order chi connectivity index (χ1) is 10.7. The van der Waals surface area contributed by atoms with Crippen molar-refractivity contribution < 1.29 is 4.52 Å². The average molecular weight is 338 g/mol. The van der Waals surface area contributed by atoms with Crippen LogP contribution in [0.4, 0.5) is 0 Å². The third-order valence-corrected chi connectivity index (χ3v) is 4.48. The number of aliphatic imine (C=N–C) groups is 1. The molecule has 0 spiro atoms. The molecule has 1 fully saturated rings. The zero-order chi connectivity index (χ0) is 15.4. The van der Waals surface area contributed by atoms with Gasteiger partial charge < -0.3 is 15.2 Å². The predicted molar refractivity (Wildman–Crippen MR) is 89.0 cm³/mol. The Morgan fingerprint density at radius 2 is 2.05 bits per heavy atom. The molecule has 116 valence electrons. The van der Waals surface area contributed by atoms with E-state index in [4.69, 9.17) is 21.9 Å². The van der Waals surface area contributed by atoms with Crippen LogP contribution >= 0.6 is 23.4 Å². The Kier molecular flexibility index (Phi) is 4.84. The highest BCUT2D eigenvalue weighted by Crippen LogP contribution is 2.18. The summed E-state index contributed by atoms with van der Waals surface area (Å²) in [4.78, 5) is 10.7. The van der Waals surface area contributed by atoms with Crippen molar-refractivity contribution in [2.24, 2.45) is 10.7 Å². The minimum atomic E-state index is 0.288. The van der Waals surface area contributed by atoms with Crippen LogP contribution in [0, 0.1) is 0 Å². The summed E-state index contributed by atoms with van der Waals surface area (Å²) in [5.74, 6) is 3.66. The lowest BCUT2D eigenvalue weighted by molar-refractivity contribution is 0.379. The molecular formula is C14H16ClN5OS. The summed E-state index contributed by atoms with van der Waals surface area (Å²) in [6.07, 6.45) is 0. The van der Waals surface area contributed by atoms with Crippen molar-refractivity contribution in [2.45, 2.75) is 6.54 Å². The number of halogens is 1. The third kappa shape index (κ3) is 3.72. The molecule has 1 saturated heterocycles. The monoisotopic (exact) mass is 337 g/mol. The minimum absolute atomic E-state index is 0.288. The molecule has 0 unspecified atom stereocenters. The second kappa shape index (κ2) is 7.02. The molecule has 0 radical (unpaired) electrons. The fraction of sp³-hybridized carbons (Fsp3) is 0.357. The molecule has 1 aliphatic heterocycles. The van der Waals surface area contributed by atoms with E-state index in [1.165, 1.54) is 0 Å². The number of nitrogens with two attached hydrogens (primary N) is 1. The molecule has 2 N–H and O–H groups in total. The van der Waals surface area contributed by atoms with Crippen LogP contribution in [0.25, 0.3) is 11.4 Å². The highest BCUT2D eigenvalue weighted by atomic mass is 35.5. The van der Waals surface area contributed by atoms with E-state index in [-0.39, 0.29) is 6.54 Å². The molecule has 0 aliphatic carbocycles. The zero-order valence-corrected chi connectivity index (χ0v) is 13.5. The number of nitrogens with zero attached hydrogens (tertiary/aromatic N) is 4. The summed E-state index contributed by atoms with van der Waals surface area (Å²) in [7, 11) is 0. The number of rotatable bonds is 3. The van der Waals surface area contributed by atoms with Crippen LogP contribution in [0.15, 0.2) is 33.8 Å². The molecule has 1 aliphatic rings. The van der Waals surface area contributed by atoms with Crippen LogP contribution in [0.2, 0.25) is 5.02 Å². The van der Waals surface area contributed by atoms with Gasteiger partial charge in [0.05, 0.1) is 0 Å². The SMILES string of the molecule is NC(=NCc1nc(-c2ccc(Cl)cc2)no1)N1CCSCC1. The van der Waals surface area contributed by atoms with Gasteiger partial charge in [0.2, 0.25) is 11.7 Å². The number of hydrogen-bond donors (Lipinski definition) is 1. The predicted octanol–water partition coefficient (Wildman–Crippen LogP) is 2.25. The van der Waals surface area contributed by atoms with Crippen molar-refractivity contribution in [3.05, 3.63) is 35.2 Å². The van der Waals surface area contributed by atoms with Crippen molar-refractivity contribution >= 4 is 29.3 Å². The van der Waals surface area contributed by atoms with Crippen molar-refractivity contribution in [2.75, 3.05) is 24.6 Å². The summed E-state index contributed by atoms with van der Waals surface area (Å²) in [5, 5.41) is 4.62. The molecule has 22 heavy (non-hydrogen) atoms. The van der Waals surface area contributed by atoms with Crippen LogP contribution < -0.4 is 5.73 Å². The molecule has 2 heterocycles. The first-order valence-corrected chi connectivity index (χ1v) is 8.47. The highest BCUT2D eigenvalue weighted by molar-refractivity contribution is 7.99. The van der Waals surface area contributed by atoms with Gasteiger partial charge >= 0.3 is 0 Å². The molecule has 8 heteroatoms. The normalized spacial score (nSPS) is 16.0. The summed E-state index contributed by atoms with van der Waals surface area (Å²) < 4.78 is 5.21. The van der Waals surface area contributed by atoms with E-state index < -0.39 is 0 Å². The smallest absolute Gasteiger partial charge is 0.248 e. The molecule has 0 amide bonds. The molecule has 2 aromatic rings. The van der Waals surface area contributed by atoms with Gasteiger partial charge in [-0.1, -0.05) is 16.8 Å². The lowest BCUT2D eigenvalue weighted by Gasteiger charge is -2.26. The van der Waals surface area contributed by atoms with E-state index in [1.54, 1.807) is 12.1 Å². The Balaban J connectivity index is 1.65. The molecule has 1 aromatic heterocycles. The summed E-state index contributed by atoms with van der Waals surface area (Å²) in [6.45, 7) is 2.15. The van der Waals surface area contributed by atoms with E-state index in [1.807, 2.05) is 23.9 Å². The molecule has 6 nitrogen and oxygen atoms in total. The quantitative estimate of drug-likeness (QED) is 0.683. The maximum absolute atomic E-state index is 5.99. The van der Waals surface area contributed by atoms with Gasteiger partial charge in [-0.25, -0.2) is 4.99 Å². The second-order valence-corrected chi connectivity index (χ2v) is 6.45. The van der Waals surface area contributed by atoms with Crippen LogP contribution in [-0.2, 0) is 6.54 Å². The Morgan fingerprint density at radius 3 is 2.77 bits per heavy atom. The van der Waals surface area contributed by atoms with E-state index in [2.05, 4.69) is 20.0 Å². The lowest BCUT2D eigenvalue weighted by Crippen LogP contribution is -2.42. The van der Waals surface area contributed by atoms with Crippen LogP contribution in [0.1, 0.15) is 5.89 Å². The van der Waals surface area contributed by atoms with E-state index in [0.717, 1.165) is 30.2 Å². The van der Waals surface area contributed by atoms with Gasteiger partial charge in [0.1, 0.15) is 6.54 Å². The zero-order valence-electron chi connectivity index (χ0n) is 11.9. The Labute approximate surface area is 137 Å². The van der Waals surface area contributed by atoms with Crippen molar-refractivity contribution in [3.63, 3.8) is 0 Å². The maximum atomic E-state index is 5.99. The minimum Gasteiger partial charge on any atom is -0.370 e. The van der Waals surface area contributed by atoms with Crippen LogP contribution in [-0.4, -0.2) is 45.6 Å². The average Bonchev–Trinajstić information content (AvgIpc) is 3.03. The molecule has 0 bridgehead atoms. The Morgan fingerprint density at radius 1 is 1.32 bits per heavy atom. The fourth-order valence-corrected chi connectivity index (χ4v) is 3.11. The van der Waals surface area contributed by atoms with Gasteiger partial charge in [-0.05, 0) is 24.3 Å². The topological polar surface area (TPSA) is 80.5 Å². The Hall–Kier alpha value is -1.73. The summed E-state index contributed by atoms with van der Waals surface area (Å²) in [5.41, 5.74) is 6.84. The van der Waals surface area contributed by atoms with E-state index in [9.17, 15) is 0 Å². The fourth-order valence-electron chi connectivity index (χ4n) is 2.08. The number of aromatic nitrogens is 2. The van der Waals surface area contributed by atoms with E-state index in [0.29, 0.717) is 22.7 Å². The number of guanidine groups is 1. The van der Waals surface area contributed by atoms with Crippen molar-refractivity contribution in [1.29, 1.82) is 0 Å². The molecule has 0 atom stereocenters. The third-order valence-electron chi connectivity index (χ3n) is 3.28. The summed E-state index contributed by atoms with van der Waals surface area (Å²) in [6, 6.07) is 7.27. The highest BCUT2D eigenvalue weighted by Gasteiger charge is 2.13. The molecule has 3 rings (SSSR count). The molecular weight excluding hydrogens is 322 g/mol. The van der Waals surface area contributed by atoms with Crippen molar-refractivity contribution in [1.82, 2.24) is 15.0 Å². The van der Waals surface area contributed by atoms with Gasteiger partial charge in [0.15, 0.2) is 5.96 Å². The van der Waals surface area contributed by atoms with Gasteiger partial charge in [-0.15, -0.1) is 0 Å². The Bertz CT molecular complexity index is 652.